The second-order valence-electron chi connectivity index (χ2n) is 6.16. The van der Waals surface area contributed by atoms with Gasteiger partial charge in [0.1, 0.15) is 0 Å². The van der Waals surface area contributed by atoms with E-state index in [2.05, 4.69) is 55.4 Å². The molecule has 2 rings (SSSR count). The van der Waals surface area contributed by atoms with E-state index >= 15 is 0 Å². The van der Waals surface area contributed by atoms with Crippen molar-refractivity contribution in [1.82, 2.24) is 0 Å². The summed E-state index contributed by atoms with van der Waals surface area (Å²) in [5, 5.41) is 0. The molecule has 0 aliphatic carbocycles. The van der Waals surface area contributed by atoms with Gasteiger partial charge in [0.25, 0.3) is 0 Å². The fraction of sp³-hybridized carbons (Fsp3) is 0.625. The van der Waals surface area contributed by atoms with Crippen molar-refractivity contribution >= 4 is 36.2 Å². The Balaban J connectivity index is 0.00000200. The summed E-state index contributed by atoms with van der Waals surface area (Å²) in [6.07, 6.45) is 0. The molecule has 0 bridgehead atoms. The van der Waals surface area contributed by atoms with Crippen LogP contribution in [-0.2, 0) is 23.2 Å². The number of nitrogens with zero attached hydrogens (tertiary/aromatic N) is 2. The maximum Gasteiger partial charge on any atom is -0.147 e. The summed E-state index contributed by atoms with van der Waals surface area (Å²) in [5.41, 5.74) is 8.18. The van der Waals surface area contributed by atoms with E-state index in [9.17, 15) is 0 Å². The van der Waals surface area contributed by atoms with Crippen molar-refractivity contribution in [3.05, 3.63) is 22.3 Å². The molecule has 2 atom stereocenters. The summed E-state index contributed by atoms with van der Waals surface area (Å²) in [4.78, 5) is 10.0. The second-order valence-corrected chi connectivity index (χ2v) is 11.6. The number of hydrogen-bond donors (Lipinski definition) is 0. The second kappa shape index (κ2) is 6.81. The minimum Gasteiger partial charge on any atom is -0.147 e. The van der Waals surface area contributed by atoms with Gasteiger partial charge in [-0.1, -0.05) is 0 Å². The zero-order valence-corrected chi connectivity index (χ0v) is 18.3. The van der Waals surface area contributed by atoms with Gasteiger partial charge in [-0.3, -0.25) is 0 Å². The summed E-state index contributed by atoms with van der Waals surface area (Å²) in [6.45, 7) is 17.9. The molecule has 0 saturated heterocycles. The standard InChI is InChI=1S/2C8H12N.2ClH.Zr/c2*1-5-6(2)8(4)9-7(5)3;;;/h2*1-4H3;2*1H;. The topological polar surface area (TPSA) is 24.7 Å². The van der Waals surface area contributed by atoms with E-state index in [-0.39, 0.29) is 31.3 Å². The van der Waals surface area contributed by atoms with Gasteiger partial charge in [0, 0.05) is 0 Å². The summed E-state index contributed by atoms with van der Waals surface area (Å²) in [7, 11) is 0. The number of halogens is 2. The van der Waals surface area contributed by atoms with Crippen molar-refractivity contribution in [2.24, 2.45) is 9.98 Å². The third-order valence-electron chi connectivity index (χ3n) is 4.94. The van der Waals surface area contributed by atoms with E-state index in [4.69, 9.17) is 9.98 Å². The van der Waals surface area contributed by atoms with Crippen molar-refractivity contribution in [2.45, 2.75) is 61.9 Å². The van der Waals surface area contributed by atoms with Gasteiger partial charge in [-0.15, -0.1) is 24.8 Å². The molecule has 2 nitrogen and oxygen atoms in total. The first-order valence-electron chi connectivity index (χ1n) is 6.89. The first-order chi connectivity index (χ1) is 8.61. The van der Waals surface area contributed by atoms with Crippen LogP contribution in [-0.4, -0.2) is 17.9 Å². The van der Waals surface area contributed by atoms with Crippen molar-refractivity contribution in [2.75, 3.05) is 0 Å². The third-order valence-corrected chi connectivity index (χ3v) is 9.73. The van der Waals surface area contributed by atoms with Crippen molar-refractivity contribution in [3.63, 3.8) is 0 Å². The van der Waals surface area contributed by atoms with Crippen molar-refractivity contribution < 1.29 is 23.2 Å². The van der Waals surface area contributed by atoms with Gasteiger partial charge in [0.15, 0.2) is 0 Å². The molecule has 21 heavy (non-hydrogen) atoms. The van der Waals surface area contributed by atoms with Crippen LogP contribution in [0.15, 0.2) is 32.3 Å². The summed E-state index contributed by atoms with van der Waals surface area (Å²) < 4.78 is 0.143. The van der Waals surface area contributed by atoms with Gasteiger partial charge in [-0.25, -0.2) is 0 Å². The van der Waals surface area contributed by atoms with E-state index in [1.165, 1.54) is 33.7 Å². The van der Waals surface area contributed by atoms with Gasteiger partial charge >= 0.3 is 129 Å². The minimum atomic E-state index is -0.878. The number of allylic oxidation sites excluding steroid dienone is 2. The van der Waals surface area contributed by atoms with Gasteiger partial charge in [-0.2, -0.15) is 0 Å². The Morgan fingerprint density at radius 3 is 1.14 bits per heavy atom. The van der Waals surface area contributed by atoms with Crippen molar-refractivity contribution in [1.29, 1.82) is 0 Å². The quantitative estimate of drug-likeness (QED) is 0.617. The van der Waals surface area contributed by atoms with Gasteiger partial charge in [0.05, 0.1) is 0 Å². The van der Waals surface area contributed by atoms with Crippen LogP contribution in [0.5, 0.6) is 0 Å². The molecular weight excluding hydrogens is 382 g/mol. The number of hydrogen-bond acceptors (Lipinski definition) is 2. The first-order valence-corrected chi connectivity index (χ1v) is 9.35. The van der Waals surface area contributed by atoms with Crippen LogP contribution in [0.25, 0.3) is 0 Å². The zero-order valence-electron chi connectivity index (χ0n) is 14.2. The molecular formula is C16H26Cl2N2Zr. The summed E-state index contributed by atoms with van der Waals surface area (Å²) in [5.74, 6) is 0. The summed E-state index contributed by atoms with van der Waals surface area (Å²) >= 11 is -0.878. The van der Waals surface area contributed by atoms with E-state index < -0.39 is 23.2 Å². The van der Waals surface area contributed by atoms with Crippen LogP contribution in [0.2, 0.25) is 0 Å². The molecule has 2 heterocycles. The monoisotopic (exact) mass is 406 g/mol. The van der Waals surface area contributed by atoms with Crippen LogP contribution < -0.4 is 0 Å². The van der Waals surface area contributed by atoms with Crippen LogP contribution in [0, 0.1) is 0 Å². The van der Waals surface area contributed by atoms with Gasteiger partial charge in [0.2, 0.25) is 0 Å². The zero-order chi connectivity index (χ0) is 14.6. The predicted octanol–water partition coefficient (Wildman–Crippen LogP) is 4.97. The Bertz CT molecular complexity index is 525. The third kappa shape index (κ3) is 3.46. The number of aliphatic imine (C=N–C) groups is 2. The Morgan fingerprint density at radius 1 is 0.667 bits per heavy atom. The fourth-order valence-corrected chi connectivity index (χ4v) is 8.27. The average Bonchev–Trinajstić information content (AvgIpc) is 2.61. The molecule has 2 aliphatic heterocycles. The van der Waals surface area contributed by atoms with E-state index in [0.29, 0.717) is 0 Å². The van der Waals surface area contributed by atoms with E-state index in [1.807, 2.05) is 0 Å². The molecule has 0 aromatic carbocycles. The van der Waals surface area contributed by atoms with Crippen molar-refractivity contribution in [3.8, 4) is 0 Å². The smallest absolute Gasteiger partial charge is 0.147 e. The van der Waals surface area contributed by atoms with Gasteiger partial charge < -0.3 is 0 Å². The Labute approximate surface area is 153 Å². The molecule has 0 amide bonds. The van der Waals surface area contributed by atoms with Crippen LogP contribution in [0.1, 0.15) is 55.4 Å². The Hall–Kier alpha value is 0.283. The fourth-order valence-electron chi connectivity index (χ4n) is 3.00. The van der Waals surface area contributed by atoms with Gasteiger partial charge in [-0.05, 0) is 0 Å². The Kier molecular flexibility index (Phi) is 6.90. The van der Waals surface area contributed by atoms with Crippen LogP contribution >= 0.6 is 24.8 Å². The molecule has 0 spiro atoms. The predicted molar refractivity (Wildman–Crippen MR) is 94.3 cm³/mol. The van der Waals surface area contributed by atoms with E-state index in [0.717, 1.165) is 0 Å². The molecule has 0 aromatic rings. The summed E-state index contributed by atoms with van der Waals surface area (Å²) in [6, 6.07) is 0. The molecule has 5 heteroatoms. The first kappa shape index (κ1) is 21.3. The maximum absolute atomic E-state index is 5.00. The van der Waals surface area contributed by atoms with Crippen LogP contribution in [0.3, 0.4) is 0 Å². The minimum absolute atomic E-state index is 0. The Morgan fingerprint density at radius 2 is 0.952 bits per heavy atom. The molecule has 0 aromatic heterocycles. The van der Waals surface area contributed by atoms with Crippen LogP contribution in [0.4, 0.5) is 0 Å². The molecule has 2 aliphatic rings. The molecule has 0 fully saturated rings. The molecule has 2 unspecified atom stereocenters. The number of rotatable bonds is 2. The normalized spacial score (nSPS) is 31.6. The molecule has 0 saturated carbocycles. The van der Waals surface area contributed by atoms with E-state index in [1.54, 1.807) is 0 Å². The molecule has 118 valence electrons. The average molecular weight is 409 g/mol. The maximum atomic E-state index is 5.00. The molecule has 0 radical (unpaired) electrons. The largest absolute Gasteiger partial charge is 0.147 e. The molecule has 0 N–H and O–H groups in total. The SMILES string of the molecule is CC1=N[C](C)([Zr][C]2(C)N=C(C)C(C)=C2C)C(C)=C1C.Cl.Cl.